The minimum absolute atomic E-state index is 0.169. The van der Waals surface area contributed by atoms with E-state index in [4.69, 9.17) is 4.98 Å². The zero-order chi connectivity index (χ0) is 23.3. The van der Waals surface area contributed by atoms with E-state index < -0.39 is 0 Å². The van der Waals surface area contributed by atoms with Gasteiger partial charge in [-0.3, -0.25) is 14.5 Å². The van der Waals surface area contributed by atoms with Gasteiger partial charge in [0.1, 0.15) is 11.6 Å². The second-order valence-electron chi connectivity index (χ2n) is 9.99. The molecular weight excluding hydrogens is 410 g/mol. The van der Waals surface area contributed by atoms with Crippen molar-refractivity contribution in [3.8, 4) is 0 Å². The Hall–Kier alpha value is -2.53. The van der Waals surface area contributed by atoms with E-state index in [0.717, 1.165) is 75.2 Å². The maximum absolute atomic E-state index is 13.1. The third-order valence-electron chi connectivity index (χ3n) is 7.48. The zero-order valence-electron chi connectivity index (χ0n) is 20.1. The molecule has 5 heteroatoms. The van der Waals surface area contributed by atoms with Gasteiger partial charge in [-0.1, -0.05) is 43.3 Å². The number of anilines is 1. The molecular formula is C28H37N3O2. The van der Waals surface area contributed by atoms with E-state index in [-0.39, 0.29) is 17.2 Å². The van der Waals surface area contributed by atoms with Crippen LogP contribution in [0.15, 0.2) is 42.5 Å². The lowest BCUT2D eigenvalue weighted by Gasteiger charge is -2.41. The van der Waals surface area contributed by atoms with Gasteiger partial charge in [-0.2, -0.15) is 0 Å². The van der Waals surface area contributed by atoms with Crippen LogP contribution in [-0.2, 0) is 22.4 Å². The number of hydrogen-bond donors (Lipinski definition) is 1. The Morgan fingerprint density at radius 3 is 2.58 bits per heavy atom. The molecule has 1 fully saturated rings. The molecule has 1 aromatic heterocycles. The van der Waals surface area contributed by atoms with Crippen LogP contribution in [0.2, 0.25) is 0 Å². The van der Waals surface area contributed by atoms with Crippen molar-refractivity contribution in [2.45, 2.75) is 71.3 Å². The number of carbonyl (C=O) groups excluding carboxylic acids is 2. The largest absolute Gasteiger partial charge is 0.370 e. The van der Waals surface area contributed by atoms with Crippen molar-refractivity contribution in [1.82, 2.24) is 9.88 Å². The Bertz CT molecular complexity index is 964. The van der Waals surface area contributed by atoms with Gasteiger partial charge in [-0.15, -0.1) is 0 Å². The van der Waals surface area contributed by atoms with E-state index in [2.05, 4.69) is 29.3 Å². The van der Waals surface area contributed by atoms with Gasteiger partial charge in [-0.05, 0) is 69.1 Å². The number of nitrogens with one attached hydrogen (secondary N) is 1. The summed E-state index contributed by atoms with van der Waals surface area (Å²) in [6.45, 7) is 6.37. The predicted molar refractivity (Wildman–Crippen MR) is 132 cm³/mol. The Labute approximate surface area is 198 Å². The molecule has 33 heavy (non-hydrogen) atoms. The number of likely N-dealkylation sites (tertiary alicyclic amines) is 1. The Morgan fingerprint density at radius 1 is 1.09 bits per heavy atom. The quantitative estimate of drug-likeness (QED) is 0.539. The summed E-state index contributed by atoms with van der Waals surface area (Å²) in [4.78, 5) is 32.5. The molecule has 1 atom stereocenters. The van der Waals surface area contributed by atoms with Gasteiger partial charge >= 0.3 is 0 Å². The highest BCUT2D eigenvalue weighted by Gasteiger charge is 2.38. The van der Waals surface area contributed by atoms with E-state index in [1.165, 1.54) is 12.0 Å². The lowest BCUT2D eigenvalue weighted by atomic mass is 9.74. The molecule has 0 amide bonds. The van der Waals surface area contributed by atoms with Crippen LogP contribution in [0.3, 0.4) is 0 Å². The molecule has 0 spiro atoms. The van der Waals surface area contributed by atoms with Crippen LogP contribution in [0.5, 0.6) is 0 Å². The van der Waals surface area contributed by atoms with Crippen molar-refractivity contribution in [1.29, 1.82) is 0 Å². The zero-order valence-corrected chi connectivity index (χ0v) is 20.1. The summed E-state index contributed by atoms with van der Waals surface area (Å²) in [5, 5.41) is 3.40. The van der Waals surface area contributed by atoms with Crippen LogP contribution >= 0.6 is 0 Å². The lowest BCUT2D eigenvalue weighted by molar-refractivity contribution is -0.132. The van der Waals surface area contributed by atoms with Gasteiger partial charge in [0.05, 0.1) is 6.04 Å². The first kappa shape index (κ1) is 23.6. The smallest absolute Gasteiger partial charge is 0.151 e. The monoisotopic (exact) mass is 447 g/mol. The van der Waals surface area contributed by atoms with Crippen molar-refractivity contribution in [2.24, 2.45) is 5.41 Å². The first-order valence-electron chi connectivity index (χ1n) is 12.5. The number of ketones is 2. The highest BCUT2D eigenvalue weighted by molar-refractivity contribution is 5.85. The third-order valence-corrected chi connectivity index (χ3v) is 7.48. The molecule has 0 radical (unpaired) electrons. The second kappa shape index (κ2) is 10.6. The number of aryl methyl sites for hydroxylation is 2. The number of pyridine rings is 1. The summed E-state index contributed by atoms with van der Waals surface area (Å²) in [6, 6.07) is 14.1. The van der Waals surface area contributed by atoms with Crippen molar-refractivity contribution < 1.29 is 9.59 Å². The Balaban J connectivity index is 1.25. The summed E-state index contributed by atoms with van der Waals surface area (Å²) in [5.41, 5.74) is 3.21. The number of fused-ring (bicyclic) bond motifs is 1. The van der Waals surface area contributed by atoms with E-state index in [9.17, 15) is 9.59 Å². The molecule has 2 aliphatic rings. The van der Waals surface area contributed by atoms with Gasteiger partial charge in [0.15, 0.2) is 5.78 Å². The molecule has 0 saturated carbocycles. The summed E-state index contributed by atoms with van der Waals surface area (Å²) in [7, 11) is 0. The minimum atomic E-state index is -0.275. The fourth-order valence-electron chi connectivity index (χ4n) is 5.29. The Kier molecular flexibility index (Phi) is 7.59. The molecule has 176 valence electrons. The molecule has 1 aromatic carbocycles. The predicted octanol–water partition coefficient (Wildman–Crippen LogP) is 5.15. The normalized spacial score (nSPS) is 18.7. The van der Waals surface area contributed by atoms with Gasteiger partial charge < -0.3 is 5.32 Å². The second-order valence-corrected chi connectivity index (χ2v) is 9.99. The van der Waals surface area contributed by atoms with Crippen LogP contribution < -0.4 is 5.32 Å². The number of aromatic nitrogens is 1. The molecule has 0 bridgehead atoms. The first-order chi connectivity index (χ1) is 16.0. The number of rotatable bonds is 9. The number of hydrogen-bond acceptors (Lipinski definition) is 5. The first-order valence-corrected chi connectivity index (χ1v) is 12.5. The molecule has 2 aromatic rings. The van der Waals surface area contributed by atoms with Crippen LogP contribution in [-0.4, -0.2) is 41.1 Å². The fraction of sp³-hybridized carbons (Fsp3) is 0.536. The van der Waals surface area contributed by atoms with Crippen molar-refractivity contribution in [2.75, 3.05) is 25.0 Å². The van der Waals surface area contributed by atoms with Gasteiger partial charge in [0, 0.05) is 37.2 Å². The average molecular weight is 448 g/mol. The number of Topliss-reactive ketones (excluding diaryl/α,β-unsaturated/α-hetero) is 2. The molecule has 1 saturated heterocycles. The minimum Gasteiger partial charge on any atom is -0.370 e. The van der Waals surface area contributed by atoms with Crippen molar-refractivity contribution in [3.05, 3.63) is 59.3 Å². The van der Waals surface area contributed by atoms with Crippen LogP contribution in [0, 0.1) is 5.41 Å². The summed E-state index contributed by atoms with van der Waals surface area (Å²) >= 11 is 0. The SMILES string of the molecule is CC(=O)C(c1ccccc1)N1CCC(C)(C(=O)CCCCc2ccc3c(n2)NCCC3)CC1. The van der Waals surface area contributed by atoms with E-state index >= 15 is 0 Å². The highest BCUT2D eigenvalue weighted by Crippen LogP contribution is 2.37. The van der Waals surface area contributed by atoms with Crippen molar-refractivity contribution >= 4 is 17.4 Å². The summed E-state index contributed by atoms with van der Waals surface area (Å²) in [6.07, 6.45) is 7.37. The lowest BCUT2D eigenvalue weighted by Crippen LogP contribution is -2.45. The van der Waals surface area contributed by atoms with Crippen LogP contribution in [0.1, 0.15) is 75.2 Å². The highest BCUT2D eigenvalue weighted by atomic mass is 16.1. The average Bonchev–Trinajstić information content (AvgIpc) is 2.83. The molecule has 3 heterocycles. The van der Waals surface area contributed by atoms with Crippen LogP contribution in [0.4, 0.5) is 5.82 Å². The summed E-state index contributed by atoms with van der Waals surface area (Å²) in [5.74, 6) is 1.59. The van der Waals surface area contributed by atoms with Gasteiger partial charge in [-0.25, -0.2) is 4.98 Å². The molecule has 5 nitrogen and oxygen atoms in total. The standard InChI is InChI=1S/C28H37N3O2/c1-21(32)26(22-9-4-3-5-10-22)31-19-16-28(2,17-20-31)25(33)13-7-6-12-24-15-14-23-11-8-18-29-27(23)30-24/h3-5,9-10,14-15,26H,6-8,11-13,16-20H2,1-2H3,(H,29,30). The van der Waals surface area contributed by atoms with E-state index in [0.29, 0.717) is 12.2 Å². The third kappa shape index (κ3) is 5.70. The number of nitrogens with zero attached hydrogens (tertiary/aromatic N) is 2. The topological polar surface area (TPSA) is 62.3 Å². The van der Waals surface area contributed by atoms with E-state index in [1.54, 1.807) is 6.92 Å². The Morgan fingerprint density at radius 2 is 1.85 bits per heavy atom. The van der Waals surface area contributed by atoms with Crippen molar-refractivity contribution in [3.63, 3.8) is 0 Å². The molecule has 1 N–H and O–H groups in total. The summed E-state index contributed by atoms with van der Waals surface area (Å²) < 4.78 is 0. The number of piperidine rings is 1. The van der Waals surface area contributed by atoms with Crippen LogP contribution in [0.25, 0.3) is 0 Å². The maximum atomic E-state index is 13.1. The molecule has 2 aliphatic heterocycles. The molecule has 1 unspecified atom stereocenters. The number of benzene rings is 1. The molecule has 0 aliphatic carbocycles. The van der Waals surface area contributed by atoms with E-state index in [1.807, 2.05) is 30.3 Å². The number of unbranched alkanes of at least 4 members (excludes halogenated alkanes) is 1. The molecule has 4 rings (SSSR count). The number of carbonyl (C=O) groups is 2. The van der Waals surface area contributed by atoms with Gasteiger partial charge in [0.25, 0.3) is 0 Å². The fourth-order valence-corrected chi connectivity index (χ4v) is 5.29. The maximum Gasteiger partial charge on any atom is 0.151 e. The van der Waals surface area contributed by atoms with Gasteiger partial charge in [0.2, 0.25) is 0 Å².